The second-order valence-electron chi connectivity index (χ2n) is 12.3. The summed E-state index contributed by atoms with van der Waals surface area (Å²) in [6, 6.07) is 23.1. The summed E-state index contributed by atoms with van der Waals surface area (Å²) in [4.78, 5) is 11.0. The SMILES string of the molecule is Cn1nc(NCC(N)=O)c2ccc(-c3ccccc3OCC(F)(F)F)cc21.Cn1nc(NCCO)c2ccc(-c3ccccc3OCC(F)(F)C(F)(F)F)cc21. The van der Waals surface area contributed by atoms with E-state index >= 15 is 0 Å². The molecule has 0 saturated carbocycles. The number of rotatable bonds is 13. The van der Waals surface area contributed by atoms with Gasteiger partial charge in [-0.15, -0.1) is 0 Å². The lowest BCUT2D eigenvalue weighted by Gasteiger charge is -2.20. The molecule has 6 aromatic rings. The molecule has 0 aliphatic carbocycles. The molecule has 6 rings (SSSR count). The maximum absolute atomic E-state index is 13.2. The summed E-state index contributed by atoms with van der Waals surface area (Å²) in [5, 5.41) is 25.0. The van der Waals surface area contributed by atoms with Crippen molar-refractivity contribution in [3.63, 3.8) is 0 Å². The summed E-state index contributed by atoms with van der Waals surface area (Å²) in [6.45, 7) is -2.97. The van der Waals surface area contributed by atoms with E-state index in [1.807, 2.05) is 0 Å². The number of primary amides is 1. The maximum Gasteiger partial charge on any atom is 0.456 e. The van der Waals surface area contributed by atoms with E-state index < -0.39 is 37.4 Å². The van der Waals surface area contributed by atoms with E-state index in [0.717, 1.165) is 16.3 Å². The Kier molecular flexibility index (Phi) is 12.3. The number of carbonyl (C=O) groups is 1. The second-order valence-corrected chi connectivity index (χ2v) is 12.3. The molecule has 0 aliphatic heterocycles. The molecule has 298 valence electrons. The minimum Gasteiger partial charge on any atom is -0.486 e. The molecule has 0 saturated heterocycles. The Hall–Kier alpha value is -6.11. The molecule has 0 fully saturated rings. The van der Waals surface area contributed by atoms with Crippen molar-refractivity contribution in [1.29, 1.82) is 0 Å². The molecule has 0 atom stereocenters. The van der Waals surface area contributed by atoms with Gasteiger partial charge in [0.05, 0.1) is 24.2 Å². The van der Waals surface area contributed by atoms with Crippen LogP contribution in [0.4, 0.5) is 46.8 Å². The van der Waals surface area contributed by atoms with Crippen molar-refractivity contribution < 1.29 is 54.5 Å². The number of anilines is 2. The number of aliphatic hydroxyl groups is 1. The van der Waals surface area contributed by atoms with Crippen LogP contribution in [0.1, 0.15) is 0 Å². The van der Waals surface area contributed by atoms with Gasteiger partial charge in [-0.2, -0.15) is 45.3 Å². The second kappa shape index (κ2) is 16.7. The van der Waals surface area contributed by atoms with E-state index in [0.29, 0.717) is 46.0 Å². The molecule has 0 bridgehead atoms. The Bertz CT molecular complexity index is 2300. The zero-order valence-electron chi connectivity index (χ0n) is 29.7. The molecule has 2 aromatic heterocycles. The lowest BCUT2D eigenvalue weighted by atomic mass is 10.0. The van der Waals surface area contributed by atoms with Crippen molar-refractivity contribution in [3.8, 4) is 33.8 Å². The van der Waals surface area contributed by atoms with Gasteiger partial charge in [-0.25, -0.2) is 0 Å². The summed E-state index contributed by atoms with van der Waals surface area (Å²) in [5.74, 6) is -4.35. The zero-order valence-corrected chi connectivity index (χ0v) is 29.7. The molecule has 4 aromatic carbocycles. The molecule has 0 aliphatic rings. The summed E-state index contributed by atoms with van der Waals surface area (Å²) >= 11 is 0. The van der Waals surface area contributed by atoms with Crippen molar-refractivity contribution >= 4 is 39.3 Å². The number of hydrogen-bond acceptors (Lipinski definition) is 8. The normalized spacial score (nSPS) is 12.0. The minimum atomic E-state index is -5.69. The fraction of sp³-hybridized carbons (Fsp3) is 0.270. The van der Waals surface area contributed by atoms with Crippen LogP contribution in [0.3, 0.4) is 0 Å². The number of benzene rings is 4. The van der Waals surface area contributed by atoms with Gasteiger partial charge in [0.1, 0.15) is 11.5 Å². The number of carbonyl (C=O) groups excluding carboxylic acids is 1. The van der Waals surface area contributed by atoms with Gasteiger partial charge >= 0.3 is 18.3 Å². The molecule has 19 heteroatoms. The fourth-order valence-corrected chi connectivity index (χ4v) is 5.53. The van der Waals surface area contributed by atoms with E-state index in [4.69, 9.17) is 20.3 Å². The van der Waals surface area contributed by atoms with Gasteiger partial charge in [0, 0.05) is 42.5 Å². The van der Waals surface area contributed by atoms with E-state index in [1.54, 1.807) is 90.2 Å². The van der Waals surface area contributed by atoms with Crippen LogP contribution < -0.4 is 25.8 Å². The van der Waals surface area contributed by atoms with Crippen molar-refractivity contribution in [2.24, 2.45) is 19.8 Å². The molecule has 5 N–H and O–H groups in total. The Morgan fingerprint density at radius 2 is 1.18 bits per heavy atom. The number of nitrogens with one attached hydrogen (secondary N) is 2. The van der Waals surface area contributed by atoms with Crippen LogP contribution in [0, 0.1) is 0 Å². The number of hydrogen-bond donors (Lipinski definition) is 4. The molecule has 0 radical (unpaired) electrons. The number of nitrogens with zero attached hydrogens (tertiary/aromatic N) is 4. The lowest BCUT2D eigenvalue weighted by molar-refractivity contribution is -0.289. The smallest absolute Gasteiger partial charge is 0.456 e. The van der Waals surface area contributed by atoms with E-state index in [2.05, 4.69) is 20.8 Å². The van der Waals surface area contributed by atoms with E-state index in [1.165, 1.54) is 18.2 Å². The predicted molar refractivity (Wildman–Crippen MR) is 194 cm³/mol. The first kappa shape index (κ1) is 41.1. The number of halogens is 8. The zero-order chi connectivity index (χ0) is 40.8. The Morgan fingerprint density at radius 1 is 0.714 bits per heavy atom. The lowest BCUT2D eigenvalue weighted by Crippen LogP contribution is -2.41. The first-order valence-electron chi connectivity index (χ1n) is 16.6. The van der Waals surface area contributed by atoms with Gasteiger partial charge in [-0.1, -0.05) is 48.5 Å². The first-order chi connectivity index (χ1) is 26.4. The van der Waals surface area contributed by atoms with Gasteiger partial charge in [-0.05, 0) is 47.5 Å². The third-order valence-corrected chi connectivity index (χ3v) is 8.15. The number of ether oxygens (including phenoxy) is 2. The Labute approximate surface area is 313 Å². The molecule has 0 unspecified atom stereocenters. The van der Waals surface area contributed by atoms with Crippen LogP contribution in [-0.4, -0.2) is 81.8 Å². The molecular weight excluding hydrogens is 758 g/mol. The van der Waals surface area contributed by atoms with Gasteiger partial charge in [0.15, 0.2) is 24.8 Å². The van der Waals surface area contributed by atoms with Crippen molar-refractivity contribution in [3.05, 3.63) is 84.9 Å². The monoisotopic (exact) mass is 793 g/mol. The number of aliphatic hydroxyl groups excluding tert-OH is 1. The van der Waals surface area contributed by atoms with E-state index in [9.17, 15) is 39.9 Å². The van der Waals surface area contributed by atoms with Crippen molar-refractivity contribution in [2.75, 3.05) is 43.5 Å². The Morgan fingerprint density at radius 3 is 1.62 bits per heavy atom. The summed E-state index contributed by atoms with van der Waals surface area (Å²) in [6.07, 6.45) is -10.1. The third kappa shape index (κ3) is 9.76. The number of alkyl halides is 8. The summed E-state index contributed by atoms with van der Waals surface area (Å²) in [7, 11) is 3.44. The molecule has 56 heavy (non-hydrogen) atoms. The summed E-state index contributed by atoms with van der Waals surface area (Å²) in [5.41, 5.74) is 8.75. The van der Waals surface area contributed by atoms with Crippen molar-refractivity contribution in [1.82, 2.24) is 19.6 Å². The molecule has 0 spiro atoms. The number of para-hydroxylation sites is 2. The predicted octanol–water partition coefficient (Wildman–Crippen LogP) is 7.30. The minimum absolute atomic E-state index is 0.0536. The largest absolute Gasteiger partial charge is 0.486 e. The first-order valence-corrected chi connectivity index (χ1v) is 16.6. The average Bonchev–Trinajstić information content (AvgIpc) is 3.65. The number of amides is 1. The molecule has 2 heterocycles. The number of aromatic nitrogens is 4. The maximum atomic E-state index is 13.2. The van der Waals surface area contributed by atoms with Gasteiger partial charge in [0.2, 0.25) is 5.91 Å². The highest BCUT2D eigenvalue weighted by atomic mass is 19.4. The molecular formula is C37H35F8N7O4. The highest BCUT2D eigenvalue weighted by molar-refractivity contribution is 5.95. The number of nitrogens with two attached hydrogens (primary N) is 1. The van der Waals surface area contributed by atoms with Crippen LogP contribution in [0.25, 0.3) is 44.1 Å². The van der Waals surface area contributed by atoms with Crippen LogP contribution in [0.15, 0.2) is 84.9 Å². The summed E-state index contributed by atoms with van der Waals surface area (Å²) < 4.78 is 114. The highest BCUT2D eigenvalue weighted by Crippen LogP contribution is 2.39. The van der Waals surface area contributed by atoms with Gasteiger partial charge in [0.25, 0.3) is 0 Å². The van der Waals surface area contributed by atoms with Crippen LogP contribution in [0.5, 0.6) is 11.5 Å². The number of fused-ring (bicyclic) bond motifs is 2. The fourth-order valence-electron chi connectivity index (χ4n) is 5.53. The molecule has 11 nitrogen and oxygen atoms in total. The van der Waals surface area contributed by atoms with Crippen LogP contribution in [0.2, 0.25) is 0 Å². The molecule has 1 amide bonds. The topological polar surface area (TPSA) is 141 Å². The Balaban J connectivity index is 0.000000215. The average molecular weight is 794 g/mol. The highest BCUT2D eigenvalue weighted by Gasteiger charge is 2.58. The van der Waals surface area contributed by atoms with Crippen LogP contribution in [-0.2, 0) is 18.9 Å². The van der Waals surface area contributed by atoms with Gasteiger partial charge < -0.3 is 30.9 Å². The van der Waals surface area contributed by atoms with Gasteiger partial charge in [-0.3, -0.25) is 14.2 Å². The number of aryl methyl sites for hydroxylation is 2. The standard InChI is InChI=1S/C19H18F5N3O2.C18H17F3N4O2/c1-27-15-10-12(6-7-14(15)17(26-27)25-8-9-28)13-4-2-3-5-16(13)29-11-18(20,21)19(22,23)24;1-25-14-8-11(6-7-13(14)17(24-25)23-9-16(22)26)12-4-2-3-5-15(12)27-10-18(19,20)21/h2-7,10,28H,8-9,11H2,1H3,(H,25,26);2-8H,9-10H2,1H3,(H2,22,26)(H,23,24). The quantitative estimate of drug-likeness (QED) is 0.0894. The van der Waals surface area contributed by atoms with E-state index in [-0.39, 0.29) is 24.7 Å². The van der Waals surface area contributed by atoms with Crippen molar-refractivity contribution in [2.45, 2.75) is 18.3 Å². The van der Waals surface area contributed by atoms with Crippen LogP contribution >= 0.6 is 0 Å². The third-order valence-electron chi connectivity index (χ3n) is 8.15.